The summed E-state index contributed by atoms with van der Waals surface area (Å²) in [6.07, 6.45) is 3.44. The summed E-state index contributed by atoms with van der Waals surface area (Å²) in [7, 11) is 0. The molecule has 1 aromatic carbocycles. The molecular formula is C20H25N5O2. The lowest BCUT2D eigenvalue weighted by Crippen LogP contribution is -2.34. The van der Waals surface area contributed by atoms with Crippen molar-refractivity contribution in [3.63, 3.8) is 0 Å². The molecule has 27 heavy (non-hydrogen) atoms. The molecule has 0 aliphatic carbocycles. The van der Waals surface area contributed by atoms with Gasteiger partial charge < -0.3 is 15.2 Å². The third kappa shape index (κ3) is 4.42. The minimum absolute atomic E-state index is 0.0868. The van der Waals surface area contributed by atoms with Crippen molar-refractivity contribution >= 4 is 17.5 Å². The van der Waals surface area contributed by atoms with E-state index in [9.17, 15) is 9.59 Å². The Kier molecular flexibility index (Phi) is 5.69. The van der Waals surface area contributed by atoms with Gasteiger partial charge in [-0.15, -0.1) is 10.2 Å². The van der Waals surface area contributed by atoms with Gasteiger partial charge in [0.05, 0.1) is 12.5 Å². The van der Waals surface area contributed by atoms with Crippen LogP contribution in [-0.2, 0) is 29.0 Å². The highest BCUT2D eigenvalue weighted by atomic mass is 16.2. The number of hydrogen-bond acceptors (Lipinski definition) is 4. The topological polar surface area (TPSA) is 88.9 Å². The van der Waals surface area contributed by atoms with Gasteiger partial charge in [-0.05, 0) is 36.1 Å². The number of aromatic nitrogens is 3. The zero-order chi connectivity index (χ0) is 19.4. The summed E-state index contributed by atoms with van der Waals surface area (Å²) in [5.74, 6) is 1.66. The fourth-order valence-corrected chi connectivity index (χ4v) is 3.29. The van der Waals surface area contributed by atoms with Crippen molar-refractivity contribution in [2.24, 2.45) is 5.92 Å². The van der Waals surface area contributed by atoms with Crippen LogP contribution in [0.4, 0.5) is 5.69 Å². The zero-order valence-electron chi connectivity index (χ0n) is 15.7. The van der Waals surface area contributed by atoms with Crippen molar-refractivity contribution in [3.8, 4) is 0 Å². The Hall–Kier alpha value is -2.96. The molecule has 1 unspecified atom stereocenters. The van der Waals surface area contributed by atoms with Crippen LogP contribution >= 0.6 is 0 Å². The minimum Gasteiger partial charge on any atom is -0.346 e. The molecule has 3 rings (SSSR count). The second kappa shape index (κ2) is 8.16. The molecule has 7 heteroatoms. The number of hydrogen-bond donors (Lipinski definition) is 2. The summed E-state index contributed by atoms with van der Waals surface area (Å²) in [5.41, 5.74) is 1.46. The molecule has 0 bridgehead atoms. The molecule has 0 saturated carbocycles. The molecular weight excluding hydrogens is 342 g/mol. The number of nitrogens with zero attached hydrogens (tertiary/aromatic N) is 3. The summed E-state index contributed by atoms with van der Waals surface area (Å²) in [6, 6.07) is 7.06. The van der Waals surface area contributed by atoms with Gasteiger partial charge in [-0.25, -0.2) is 0 Å². The van der Waals surface area contributed by atoms with Gasteiger partial charge in [0.1, 0.15) is 5.82 Å². The Morgan fingerprint density at radius 3 is 2.89 bits per heavy atom. The first-order chi connectivity index (χ1) is 13.0. The van der Waals surface area contributed by atoms with E-state index in [0.717, 1.165) is 36.6 Å². The number of nitrogens with one attached hydrogen (secondary N) is 2. The van der Waals surface area contributed by atoms with E-state index in [-0.39, 0.29) is 30.2 Å². The molecule has 1 atom stereocenters. The third-order valence-electron chi connectivity index (χ3n) is 4.64. The fourth-order valence-electron chi connectivity index (χ4n) is 3.29. The van der Waals surface area contributed by atoms with Crippen LogP contribution < -0.4 is 10.6 Å². The van der Waals surface area contributed by atoms with E-state index >= 15 is 0 Å². The van der Waals surface area contributed by atoms with E-state index in [1.165, 1.54) is 6.08 Å². The quantitative estimate of drug-likeness (QED) is 0.736. The first-order valence-corrected chi connectivity index (χ1v) is 9.21. The van der Waals surface area contributed by atoms with Crippen LogP contribution in [0.25, 0.3) is 0 Å². The number of anilines is 1. The highest BCUT2D eigenvalue weighted by molar-refractivity contribution is 5.98. The van der Waals surface area contributed by atoms with Crippen molar-refractivity contribution in [2.45, 2.75) is 45.7 Å². The predicted octanol–water partition coefficient (Wildman–Crippen LogP) is 2.40. The molecule has 7 nitrogen and oxygen atoms in total. The number of amides is 2. The van der Waals surface area contributed by atoms with Crippen molar-refractivity contribution in [1.29, 1.82) is 0 Å². The highest BCUT2D eigenvalue weighted by Gasteiger charge is 2.27. The Bertz CT molecular complexity index is 856. The van der Waals surface area contributed by atoms with Crippen LogP contribution in [0.2, 0.25) is 0 Å². The predicted molar refractivity (Wildman–Crippen MR) is 103 cm³/mol. The van der Waals surface area contributed by atoms with Gasteiger partial charge >= 0.3 is 0 Å². The maximum absolute atomic E-state index is 12.6. The van der Waals surface area contributed by atoms with Crippen molar-refractivity contribution < 1.29 is 9.59 Å². The van der Waals surface area contributed by atoms with E-state index < -0.39 is 0 Å². The second-order valence-corrected chi connectivity index (χ2v) is 7.09. The normalized spacial score (nSPS) is 13.9. The number of carbonyl (C=O) groups is 2. The first kappa shape index (κ1) is 18.8. The van der Waals surface area contributed by atoms with Gasteiger partial charge in [-0.1, -0.05) is 32.6 Å². The fraction of sp³-hybridized carbons (Fsp3) is 0.400. The van der Waals surface area contributed by atoms with Crippen molar-refractivity contribution in [3.05, 3.63) is 54.1 Å². The van der Waals surface area contributed by atoms with Gasteiger partial charge in [-0.2, -0.15) is 0 Å². The van der Waals surface area contributed by atoms with Crippen LogP contribution in [-0.4, -0.2) is 26.6 Å². The molecule has 0 fully saturated rings. The van der Waals surface area contributed by atoms with Crippen LogP contribution in [0.15, 0.2) is 36.9 Å². The Morgan fingerprint density at radius 1 is 1.33 bits per heavy atom. The summed E-state index contributed by atoms with van der Waals surface area (Å²) >= 11 is 0. The standard InChI is InChI=1S/C20H25N5O2/c1-4-17(26)21-15-8-5-7-14(11-15)12-18(27)22-19(13(2)3)20-24-23-16-9-6-10-25(16)20/h4-5,7-8,11,13,19H,1,6,9-10,12H2,2-3H3,(H,21,26)(H,22,27). The summed E-state index contributed by atoms with van der Waals surface area (Å²) in [6.45, 7) is 8.47. The maximum atomic E-state index is 12.6. The van der Waals surface area contributed by atoms with Gasteiger partial charge in [0.25, 0.3) is 0 Å². The Labute approximate surface area is 158 Å². The van der Waals surface area contributed by atoms with Crippen LogP contribution in [0, 0.1) is 5.92 Å². The van der Waals surface area contributed by atoms with E-state index in [0.29, 0.717) is 5.69 Å². The van der Waals surface area contributed by atoms with Crippen LogP contribution in [0.1, 0.15) is 43.5 Å². The molecule has 1 aliphatic heterocycles. The number of carbonyl (C=O) groups excluding carboxylic acids is 2. The lowest BCUT2D eigenvalue weighted by atomic mass is 10.0. The molecule has 2 amide bonds. The van der Waals surface area contributed by atoms with E-state index in [2.05, 4.69) is 45.8 Å². The molecule has 2 aromatic rings. The largest absolute Gasteiger partial charge is 0.346 e. The molecule has 0 saturated heterocycles. The number of rotatable bonds is 7. The van der Waals surface area contributed by atoms with Gasteiger partial charge in [0.15, 0.2) is 5.82 Å². The number of benzene rings is 1. The summed E-state index contributed by atoms with van der Waals surface area (Å²) in [5, 5.41) is 14.4. The number of aryl methyl sites for hydroxylation is 1. The SMILES string of the molecule is C=CC(=O)Nc1cccc(CC(=O)NC(c2nnc3n2CCC3)C(C)C)c1. The third-order valence-corrected chi connectivity index (χ3v) is 4.64. The zero-order valence-corrected chi connectivity index (χ0v) is 15.7. The lowest BCUT2D eigenvalue weighted by Gasteiger charge is -2.22. The maximum Gasteiger partial charge on any atom is 0.247 e. The van der Waals surface area contributed by atoms with Crippen LogP contribution in [0.5, 0.6) is 0 Å². The van der Waals surface area contributed by atoms with Crippen LogP contribution in [0.3, 0.4) is 0 Å². The molecule has 1 aliphatic rings. The van der Waals surface area contributed by atoms with Gasteiger partial charge in [0.2, 0.25) is 11.8 Å². The van der Waals surface area contributed by atoms with E-state index in [1.54, 1.807) is 12.1 Å². The lowest BCUT2D eigenvalue weighted by molar-refractivity contribution is -0.121. The molecule has 2 N–H and O–H groups in total. The van der Waals surface area contributed by atoms with Gasteiger partial charge in [0, 0.05) is 18.7 Å². The first-order valence-electron chi connectivity index (χ1n) is 9.21. The van der Waals surface area contributed by atoms with Crippen molar-refractivity contribution in [1.82, 2.24) is 20.1 Å². The molecule has 2 heterocycles. The van der Waals surface area contributed by atoms with Crippen molar-refractivity contribution in [2.75, 3.05) is 5.32 Å². The average Bonchev–Trinajstić information content (AvgIpc) is 3.23. The Morgan fingerprint density at radius 2 is 2.15 bits per heavy atom. The minimum atomic E-state index is -0.280. The summed E-state index contributed by atoms with van der Waals surface area (Å²) in [4.78, 5) is 24.1. The highest BCUT2D eigenvalue weighted by Crippen LogP contribution is 2.24. The summed E-state index contributed by atoms with van der Waals surface area (Å²) < 4.78 is 2.12. The molecule has 0 spiro atoms. The Balaban J connectivity index is 1.69. The average molecular weight is 367 g/mol. The smallest absolute Gasteiger partial charge is 0.247 e. The monoisotopic (exact) mass is 367 g/mol. The van der Waals surface area contributed by atoms with E-state index in [1.807, 2.05) is 12.1 Å². The van der Waals surface area contributed by atoms with E-state index in [4.69, 9.17) is 0 Å². The molecule has 0 radical (unpaired) electrons. The second-order valence-electron chi connectivity index (χ2n) is 7.09. The molecule has 142 valence electrons. The van der Waals surface area contributed by atoms with Gasteiger partial charge in [-0.3, -0.25) is 9.59 Å². The number of fused-ring (bicyclic) bond motifs is 1. The molecule has 1 aromatic heterocycles.